The van der Waals surface area contributed by atoms with Crippen LogP contribution < -0.4 is 5.32 Å². The van der Waals surface area contributed by atoms with Crippen LogP contribution >= 0.6 is 0 Å². The van der Waals surface area contributed by atoms with Gasteiger partial charge in [-0.05, 0) is 23.6 Å². The normalized spacial score (nSPS) is 20.7. The predicted molar refractivity (Wildman–Crippen MR) is 92.2 cm³/mol. The Morgan fingerprint density at radius 3 is 2.58 bits per heavy atom. The summed E-state index contributed by atoms with van der Waals surface area (Å²) in [6, 6.07) is 13.9. The molecule has 0 aliphatic carbocycles. The number of nitrogens with one attached hydrogen (secondary N) is 1. The van der Waals surface area contributed by atoms with Gasteiger partial charge in [0.2, 0.25) is 0 Å². The highest BCUT2D eigenvalue weighted by molar-refractivity contribution is 5.53. The molecule has 0 radical (unpaired) electrons. The van der Waals surface area contributed by atoms with E-state index in [-0.39, 0.29) is 23.3 Å². The zero-order valence-corrected chi connectivity index (χ0v) is 14.3. The van der Waals surface area contributed by atoms with Gasteiger partial charge in [0.05, 0.1) is 5.56 Å². The number of nitrogens with zero attached hydrogens (tertiary/aromatic N) is 3. The summed E-state index contributed by atoms with van der Waals surface area (Å²) in [6.45, 7) is 4.33. The van der Waals surface area contributed by atoms with Gasteiger partial charge in [-0.2, -0.15) is 18.4 Å². The van der Waals surface area contributed by atoms with E-state index in [4.69, 9.17) is 0 Å². The minimum atomic E-state index is -4.54. The van der Waals surface area contributed by atoms with Gasteiger partial charge in [0.1, 0.15) is 17.6 Å². The highest BCUT2D eigenvalue weighted by Gasteiger charge is 2.34. The summed E-state index contributed by atoms with van der Waals surface area (Å²) in [5.41, 5.74) is 0.313. The second-order valence-electron chi connectivity index (χ2n) is 6.61. The lowest BCUT2D eigenvalue weighted by molar-refractivity contribution is -0.141. The molecule has 26 heavy (non-hydrogen) atoms. The molecule has 0 saturated carbocycles. The standard InChI is InChI=1S/C19H19F3N4/c1-13-10-26(11-14-5-3-2-4-6-14)12-16(13)24-18-15(9-23)7-8-17(25-18)19(20,21)22/h2-8,13,16H,10-12H2,1H3,(H,24,25). The fourth-order valence-corrected chi connectivity index (χ4v) is 3.22. The van der Waals surface area contributed by atoms with Gasteiger partial charge in [-0.1, -0.05) is 37.3 Å². The maximum Gasteiger partial charge on any atom is 0.433 e. The third-order valence-corrected chi connectivity index (χ3v) is 4.57. The molecule has 1 fully saturated rings. The molecule has 0 spiro atoms. The molecule has 2 aromatic rings. The number of pyridine rings is 1. The Kier molecular flexibility index (Phi) is 5.14. The zero-order chi connectivity index (χ0) is 18.7. The maximum absolute atomic E-state index is 12.9. The highest BCUT2D eigenvalue weighted by atomic mass is 19.4. The Morgan fingerprint density at radius 1 is 1.19 bits per heavy atom. The average Bonchev–Trinajstić information content (AvgIpc) is 2.94. The van der Waals surface area contributed by atoms with Gasteiger partial charge in [0, 0.05) is 25.7 Å². The number of benzene rings is 1. The third-order valence-electron chi connectivity index (χ3n) is 4.57. The first-order valence-corrected chi connectivity index (χ1v) is 8.38. The van der Waals surface area contributed by atoms with E-state index in [1.807, 2.05) is 43.3 Å². The van der Waals surface area contributed by atoms with Gasteiger partial charge in [-0.15, -0.1) is 0 Å². The summed E-state index contributed by atoms with van der Waals surface area (Å²) in [6.07, 6.45) is -4.54. The number of hydrogen-bond acceptors (Lipinski definition) is 4. The molecule has 1 N–H and O–H groups in total. The maximum atomic E-state index is 12.9. The summed E-state index contributed by atoms with van der Waals surface area (Å²) in [4.78, 5) is 5.89. The number of likely N-dealkylation sites (tertiary alicyclic amines) is 1. The van der Waals surface area contributed by atoms with Crippen LogP contribution in [0.4, 0.5) is 19.0 Å². The quantitative estimate of drug-likeness (QED) is 0.898. The van der Waals surface area contributed by atoms with Gasteiger partial charge in [0.15, 0.2) is 0 Å². The van der Waals surface area contributed by atoms with Crippen molar-refractivity contribution in [2.45, 2.75) is 25.7 Å². The smallest absolute Gasteiger partial charge is 0.365 e. The van der Waals surface area contributed by atoms with Crippen LogP contribution in [0.3, 0.4) is 0 Å². The lowest BCUT2D eigenvalue weighted by atomic mass is 10.1. The van der Waals surface area contributed by atoms with E-state index in [0.29, 0.717) is 6.54 Å². The minimum Gasteiger partial charge on any atom is -0.365 e. The van der Waals surface area contributed by atoms with E-state index in [1.165, 1.54) is 11.6 Å². The van der Waals surface area contributed by atoms with Crippen molar-refractivity contribution in [1.29, 1.82) is 5.26 Å². The van der Waals surface area contributed by atoms with E-state index >= 15 is 0 Å². The molecule has 1 aromatic carbocycles. The Balaban J connectivity index is 1.73. The highest BCUT2D eigenvalue weighted by Crippen LogP contribution is 2.30. The predicted octanol–water partition coefficient (Wildman–Crippen LogP) is 3.90. The van der Waals surface area contributed by atoms with Crippen LogP contribution in [-0.2, 0) is 12.7 Å². The van der Waals surface area contributed by atoms with Gasteiger partial charge in [0.25, 0.3) is 0 Å². The molecular formula is C19H19F3N4. The molecule has 1 saturated heterocycles. The van der Waals surface area contributed by atoms with E-state index < -0.39 is 11.9 Å². The molecule has 2 atom stereocenters. The van der Waals surface area contributed by atoms with Crippen molar-refractivity contribution in [3.8, 4) is 6.07 Å². The average molecular weight is 360 g/mol. The van der Waals surface area contributed by atoms with Gasteiger partial charge >= 0.3 is 6.18 Å². The molecular weight excluding hydrogens is 341 g/mol. The van der Waals surface area contributed by atoms with Crippen LogP contribution in [-0.4, -0.2) is 29.0 Å². The van der Waals surface area contributed by atoms with Gasteiger partial charge in [-0.25, -0.2) is 4.98 Å². The summed E-state index contributed by atoms with van der Waals surface area (Å²) in [5, 5.41) is 12.2. The first-order valence-electron chi connectivity index (χ1n) is 8.38. The Hall–Kier alpha value is -2.59. The number of hydrogen-bond donors (Lipinski definition) is 1. The van der Waals surface area contributed by atoms with Crippen molar-refractivity contribution < 1.29 is 13.2 Å². The van der Waals surface area contributed by atoms with Crippen molar-refractivity contribution in [3.63, 3.8) is 0 Å². The topological polar surface area (TPSA) is 52.0 Å². The van der Waals surface area contributed by atoms with Crippen LogP contribution in [0.25, 0.3) is 0 Å². The molecule has 2 unspecified atom stereocenters. The molecule has 0 amide bonds. The molecule has 136 valence electrons. The van der Waals surface area contributed by atoms with Gasteiger partial charge in [-0.3, -0.25) is 4.90 Å². The monoisotopic (exact) mass is 360 g/mol. The van der Waals surface area contributed by atoms with Crippen LogP contribution in [0.1, 0.15) is 23.7 Å². The van der Waals surface area contributed by atoms with Crippen molar-refractivity contribution in [2.75, 3.05) is 18.4 Å². The van der Waals surface area contributed by atoms with E-state index in [1.54, 1.807) is 0 Å². The Morgan fingerprint density at radius 2 is 1.92 bits per heavy atom. The van der Waals surface area contributed by atoms with Gasteiger partial charge < -0.3 is 5.32 Å². The second kappa shape index (κ2) is 7.34. The summed E-state index contributed by atoms with van der Waals surface area (Å²) < 4.78 is 38.8. The second-order valence-corrected chi connectivity index (χ2v) is 6.61. The van der Waals surface area contributed by atoms with Crippen LogP contribution in [0.5, 0.6) is 0 Å². The fraction of sp³-hybridized carbons (Fsp3) is 0.368. The Labute approximate surface area is 150 Å². The number of aromatic nitrogens is 1. The molecule has 0 bridgehead atoms. The van der Waals surface area contributed by atoms with Crippen molar-refractivity contribution in [2.24, 2.45) is 5.92 Å². The number of anilines is 1. The van der Waals surface area contributed by atoms with Crippen LogP contribution in [0, 0.1) is 17.2 Å². The largest absolute Gasteiger partial charge is 0.433 e. The summed E-state index contributed by atoms with van der Waals surface area (Å²) in [7, 11) is 0. The number of nitriles is 1. The van der Waals surface area contributed by atoms with Crippen LogP contribution in [0.2, 0.25) is 0 Å². The van der Waals surface area contributed by atoms with Crippen molar-refractivity contribution >= 4 is 5.82 Å². The van der Waals surface area contributed by atoms with E-state index in [0.717, 1.165) is 19.2 Å². The SMILES string of the molecule is CC1CN(Cc2ccccc2)CC1Nc1nc(C(F)(F)F)ccc1C#N. The lowest BCUT2D eigenvalue weighted by Crippen LogP contribution is -2.29. The van der Waals surface area contributed by atoms with Crippen LogP contribution in [0.15, 0.2) is 42.5 Å². The Bertz CT molecular complexity index is 799. The van der Waals surface area contributed by atoms with Crippen molar-refractivity contribution in [1.82, 2.24) is 9.88 Å². The molecule has 1 aromatic heterocycles. The van der Waals surface area contributed by atoms with E-state index in [2.05, 4.69) is 15.2 Å². The molecule has 1 aliphatic rings. The molecule has 3 rings (SSSR count). The first-order chi connectivity index (χ1) is 12.4. The third kappa shape index (κ3) is 4.14. The minimum absolute atomic E-state index is 0.000682. The van der Waals surface area contributed by atoms with Crippen molar-refractivity contribution in [3.05, 3.63) is 59.3 Å². The first kappa shape index (κ1) is 18.2. The lowest BCUT2D eigenvalue weighted by Gasteiger charge is -2.19. The molecule has 2 heterocycles. The number of alkyl halides is 3. The summed E-state index contributed by atoms with van der Waals surface area (Å²) >= 11 is 0. The zero-order valence-electron chi connectivity index (χ0n) is 14.3. The molecule has 4 nitrogen and oxygen atoms in total. The number of halogens is 3. The number of rotatable bonds is 4. The fourth-order valence-electron chi connectivity index (χ4n) is 3.22. The molecule has 7 heteroatoms. The summed E-state index contributed by atoms with van der Waals surface area (Å²) in [5.74, 6) is 0.224. The van der Waals surface area contributed by atoms with E-state index in [9.17, 15) is 18.4 Å². The molecule has 1 aliphatic heterocycles.